The van der Waals surface area contributed by atoms with Crippen LogP contribution < -0.4 is 0 Å². The first-order valence-corrected chi connectivity index (χ1v) is 8.53. The Morgan fingerprint density at radius 1 is 1.35 bits per heavy atom. The molecule has 1 rings (SSSR count). The van der Waals surface area contributed by atoms with Crippen LogP contribution in [0.5, 0.6) is 0 Å². The number of ketones is 2. The van der Waals surface area contributed by atoms with E-state index in [1.165, 1.54) is 6.92 Å². The molecule has 0 saturated carbocycles. The normalized spacial score (nSPS) is 31.1. The highest BCUT2D eigenvalue weighted by molar-refractivity contribution is 5.88. The minimum atomic E-state index is -1.64. The van der Waals surface area contributed by atoms with Crippen LogP contribution in [0.1, 0.15) is 60.8 Å². The maximum absolute atomic E-state index is 12.4. The number of allylic oxidation sites excluding steroid dienone is 1. The fourth-order valence-electron chi connectivity index (χ4n) is 2.74. The SMILES string of the molecule is CC(=O)[C@@]1(O)CO[C@@H](C(C)C)CC/C=C\[C@@H]1CC(=O)C(C)(C)C. The van der Waals surface area contributed by atoms with Gasteiger partial charge >= 0.3 is 0 Å². The van der Waals surface area contributed by atoms with E-state index in [0.29, 0.717) is 5.92 Å². The van der Waals surface area contributed by atoms with Gasteiger partial charge in [-0.05, 0) is 25.7 Å². The van der Waals surface area contributed by atoms with Gasteiger partial charge in [0.25, 0.3) is 0 Å². The molecular weight excluding hydrogens is 292 g/mol. The highest BCUT2D eigenvalue weighted by atomic mass is 16.5. The quantitative estimate of drug-likeness (QED) is 0.806. The molecule has 0 aromatic heterocycles. The predicted molar refractivity (Wildman–Crippen MR) is 91.2 cm³/mol. The first-order chi connectivity index (χ1) is 10.5. The van der Waals surface area contributed by atoms with Crippen molar-refractivity contribution in [3.05, 3.63) is 12.2 Å². The smallest absolute Gasteiger partial charge is 0.164 e. The van der Waals surface area contributed by atoms with Crippen molar-refractivity contribution < 1.29 is 19.4 Å². The first-order valence-electron chi connectivity index (χ1n) is 8.53. The van der Waals surface area contributed by atoms with Gasteiger partial charge in [0.2, 0.25) is 0 Å². The molecule has 1 N–H and O–H groups in total. The highest BCUT2D eigenvalue weighted by Gasteiger charge is 2.43. The highest BCUT2D eigenvalue weighted by Crippen LogP contribution is 2.31. The third-order valence-corrected chi connectivity index (χ3v) is 4.71. The van der Waals surface area contributed by atoms with Gasteiger partial charge < -0.3 is 9.84 Å². The fourth-order valence-corrected chi connectivity index (χ4v) is 2.74. The van der Waals surface area contributed by atoms with E-state index in [1.807, 2.05) is 32.9 Å². The van der Waals surface area contributed by atoms with Crippen molar-refractivity contribution in [2.45, 2.75) is 72.5 Å². The molecule has 1 aliphatic heterocycles. The molecule has 0 bridgehead atoms. The minimum Gasteiger partial charge on any atom is -0.379 e. The van der Waals surface area contributed by atoms with Crippen LogP contribution in [0.4, 0.5) is 0 Å². The van der Waals surface area contributed by atoms with Crippen molar-refractivity contribution in [1.82, 2.24) is 0 Å². The van der Waals surface area contributed by atoms with E-state index in [9.17, 15) is 14.7 Å². The summed E-state index contributed by atoms with van der Waals surface area (Å²) in [4.78, 5) is 24.5. The molecule has 4 heteroatoms. The van der Waals surface area contributed by atoms with Crippen molar-refractivity contribution in [3.63, 3.8) is 0 Å². The average Bonchev–Trinajstić information content (AvgIpc) is 2.49. The van der Waals surface area contributed by atoms with Crippen molar-refractivity contribution in [2.24, 2.45) is 17.3 Å². The largest absolute Gasteiger partial charge is 0.379 e. The molecule has 0 amide bonds. The second kappa shape index (κ2) is 7.71. The van der Waals surface area contributed by atoms with Gasteiger partial charge in [-0.25, -0.2) is 0 Å². The van der Waals surface area contributed by atoms with Crippen molar-refractivity contribution in [3.8, 4) is 0 Å². The van der Waals surface area contributed by atoms with E-state index in [-0.39, 0.29) is 30.7 Å². The summed E-state index contributed by atoms with van der Waals surface area (Å²) < 4.78 is 5.88. The summed E-state index contributed by atoms with van der Waals surface area (Å²) in [5.74, 6) is -0.547. The fraction of sp³-hybridized carbons (Fsp3) is 0.789. The number of Topliss-reactive ketones (excluding diaryl/α,β-unsaturated/α-hetero) is 2. The summed E-state index contributed by atoms with van der Waals surface area (Å²) in [5, 5.41) is 11.0. The maximum Gasteiger partial charge on any atom is 0.164 e. The van der Waals surface area contributed by atoms with Crippen molar-refractivity contribution in [2.75, 3.05) is 6.61 Å². The van der Waals surface area contributed by atoms with Crippen LogP contribution >= 0.6 is 0 Å². The molecule has 4 nitrogen and oxygen atoms in total. The Bertz CT molecular complexity index is 458. The zero-order valence-electron chi connectivity index (χ0n) is 15.4. The summed E-state index contributed by atoms with van der Waals surface area (Å²) in [5.41, 5.74) is -2.14. The molecule has 0 aromatic rings. The van der Waals surface area contributed by atoms with Crippen LogP contribution in [-0.4, -0.2) is 35.0 Å². The average molecular weight is 324 g/mol. The second-order valence-corrected chi connectivity index (χ2v) is 8.06. The molecule has 0 unspecified atom stereocenters. The molecule has 0 aromatic carbocycles. The van der Waals surface area contributed by atoms with Crippen LogP contribution in [0, 0.1) is 17.3 Å². The third kappa shape index (κ3) is 5.25. The summed E-state index contributed by atoms with van der Waals surface area (Å²) >= 11 is 0. The van der Waals surface area contributed by atoms with E-state index in [2.05, 4.69) is 13.8 Å². The van der Waals surface area contributed by atoms with Crippen LogP contribution in [0.25, 0.3) is 0 Å². The van der Waals surface area contributed by atoms with Gasteiger partial charge in [-0.1, -0.05) is 46.8 Å². The monoisotopic (exact) mass is 324 g/mol. The van der Waals surface area contributed by atoms with Gasteiger partial charge in [0.15, 0.2) is 11.4 Å². The van der Waals surface area contributed by atoms with E-state index >= 15 is 0 Å². The molecule has 23 heavy (non-hydrogen) atoms. The van der Waals surface area contributed by atoms with E-state index in [0.717, 1.165) is 12.8 Å². The molecule has 1 heterocycles. The van der Waals surface area contributed by atoms with E-state index < -0.39 is 16.9 Å². The lowest BCUT2D eigenvalue weighted by Crippen LogP contribution is -2.50. The zero-order chi connectivity index (χ0) is 17.8. The molecule has 132 valence electrons. The van der Waals surface area contributed by atoms with Gasteiger partial charge in [-0.3, -0.25) is 9.59 Å². The summed E-state index contributed by atoms with van der Waals surface area (Å²) in [6.07, 6.45) is 5.61. The molecule has 3 atom stereocenters. The Kier molecular flexibility index (Phi) is 6.72. The number of carbonyl (C=O) groups excluding carboxylic acids is 2. The predicted octanol–water partition coefficient (Wildman–Crippen LogP) is 3.32. The van der Waals surface area contributed by atoms with Gasteiger partial charge in [0, 0.05) is 17.8 Å². The van der Waals surface area contributed by atoms with Gasteiger partial charge in [-0.15, -0.1) is 0 Å². The van der Waals surface area contributed by atoms with Gasteiger partial charge in [0.1, 0.15) is 5.78 Å². The molecule has 0 spiro atoms. The van der Waals surface area contributed by atoms with Gasteiger partial charge in [-0.2, -0.15) is 0 Å². The summed E-state index contributed by atoms with van der Waals surface area (Å²) in [7, 11) is 0. The lowest BCUT2D eigenvalue weighted by atomic mass is 9.76. The standard InChI is InChI=1S/C19H32O4/c1-13(2)16-10-8-7-9-15(11-17(21)18(4,5)6)19(22,12-23-16)14(3)20/h7,9,13,15-16,22H,8,10-12H2,1-6H3/b9-7-/t15-,16-,19+/m1/s1. The van der Waals surface area contributed by atoms with Crippen LogP contribution in [0.2, 0.25) is 0 Å². The molecule has 0 aliphatic carbocycles. The third-order valence-electron chi connectivity index (χ3n) is 4.71. The van der Waals surface area contributed by atoms with E-state index in [4.69, 9.17) is 4.74 Å². The van der Waals surface area contributed by atoms with Crippen molar-refractivity contribution >= 4 is 11.6 Å². The first kappa shape index (κ1) is 20.0. The Morgan fingerprint density at radius 2 is 1.96 bits per heavy atom. The Morgan fingerprint density at radius 3 is 2.43 bits per heavy atom. The zero-order valence-corrected chi connectivity index (χ0v) is 15.4. The lowest BCUT2D eigenvalue weighted by molar-refractivity contribution is -0.155. The lowest BCUT2D eigenvalue weighted by Gasteiger charge is -2.34. The molecule has 0 saturated heterocycles. The number of aliphatic hydroxyl groups is 1. The van der Waals surface area contributed by atoms with Gasteiger partial charge in [0.05, 0.1) is 12.7 Å². The van der Waals surface area contributed by atoms with E-state index in [1.54, 1.807) is 0 Å². The summed E-state index contributed by atoms with van der Waals surface area (Å²) in [6, 6.07) is 0. The topological polar surface area (TPSA) is 63.6 Å². The minimum absolute atomic E-state index is 0.00240. The Hall–Kier alpha value is -1.00. The Balaban J connectivity index is 3.07. The Labute approximate surface area is 140 Å². The number of carbonyl (C=O) groups is 2. The number of rotatable bonds is 4. The van der Waals surface area contributed by atoms with Crippen LogP contribution in [0.3, 0.4) is 0 Å². The number of ether oxygens (including phenoxy) is 1. The number of hydrogen-bond donors (Lipinski definition) is 1. The van der Waals surface area contributed by atoms with Crippen LogP contribution in [-0.2, 0) is 14.3 Å². The summed E-state index contributed by atoms with van der Waals surface area (Å²) in [6.45, 7) is 11.0. The van der Waals surface area contributed by atoms with Crippen molar-refractivity contribution in [1.29, 1.82) is 0 Å². The molecule has 0 radical (unpaired) electrons. The molecule has 0 fully saturated rings. The number of hydrogen-bond acceptors (Lipinski definition) is 4. The molecule has 1 aliphatic rings. The van der Waals surface area contributed by atoms with Crippen LogP contribution in [0.15, 0.2) is 12.2 Å². The second-order valence-electron chi connectivity index (χ2n) is 8.06. The maximum atomic E-state index is 12.4. The molecular formula is C19H32O4.